The Labute approximate surface area is 161 Å². The SMILES string of the molecule is O[C@@H](CCc1ccccc1)CN1CCN(c2cncc3ccccc23)CC1. The number of benzene rings is 2. The molecule has 3 aromatic rings. The van der Waals surface area contributed by atoms with Gasteiger partial charge in [0.25, 0.3) is 0 Å². The average molecular weight is 361 g/mol. The highest BCUT2D eigenvalue weighted by molar-refractivity contribution is 5.93. The number of aliphatic hydroxyl groups is 1. The molecule has 1 aromatic heterocycles. The molecule has 0 unspecified atom stereocenters. The van der Waals surface area contributed by atoms with Gasteiger partial charge in [-0.05, 0) is 18.4 Å². The van der Waals surface area contributed by atoms with Crippen molar-refractivity contribution in [2.45, 2.75) is 18.9 Å². The molecular formula is C23H27N3O. The predicted molar refractivity (Wildman–Crippen MR) is 111 cm³/mol. The van der Waals surface area contributed by atoms with E-state index < -0.39 is 0 Å². The molecule has 1 aliphatic rings. The number of anilines is 1. The van der Waals surface area contributed by atoms with Gasteiger partial charge in [-0.3, -0.25) is 9.88 Å². The van der Waals surface area contributed by atoms with Crippen LogP contribution in [-0.2, 0) is 6.42 Å². The van der Waals surface area contributed by atoms with Gasteiger partial charge < -0.3 is 10.0 Å². The van der Waals surface area contributed by atoms with Crippen LogP contribution in [-0.4, -0.2) is 53.8 Å². The van der Waals surface area contributed by atoms with E-state index in [2.05, 4.69) is 63.3 Å². The first-order chi connectivity index (χ1) is 13.3. The highest BCUT2D eigenvalue weighted by Gasteiger charge is 2.20. The van der Waals surface area contributed by atoms with Gasteiger partial charge in [-0.15, -0.1) is 0 Å². The van der Waals surface area contributed by atoms with Crippen LogP contribution in [0.1, 0.15) is 12.0 Å². The lowest BCUT2D eigenvalue weighted by Crippen LogP contribution is -2.48. The Hall–Kier alpha value is -2.43. The smallest absolute Gasteiger partial charge is 0.0670 e. The molecule has 1 aliphatic heterocycles. The van der Waals surface area contributed by atoms with Gasteiger partial charge in [0.2, 0.25) is 0 Å². The number of aromatic nitrogens is 1. The van der Waals surface area contributed by atoms with Gasteiger partial charge in [-0.25, -0.2) is 0 Å². The van der Waals surface area contributed by atoms with Crippen molar-refractivity contribution in [3.05, 3.63) is 72.6 Å². The van der Waals surface area contributed by atoms with Crippen LogP contribution in [0.2, 0.25) is 0 Å². The molecule has 1 atom stereocenters. The van der Waals surface area contributed by atoms with E-state index in [0.717, 1.165) is 45.6 Å². The third-order valence-corrected chi connectivity index (χ3v) is 5.44. The van der Waals surface area contributed by atoms with Crippen molar-refractivity contribution in [3.63, 3.8) is 0 Å². The summed E-state index contributed by atoms with van der Waals surface area (Å²) in [6, 6.07) is 18.8. The Balaban J connectivity index is 1.30. The number of hydrogen-bond acceptors (Lipinski definition) is 4. The topological polar surface area (TPSA) is 39.6 Å². The average Bonchev–Trinajstić information content (AvgIpc) is 2.73. The summed E-state index contributed by atoms with van der Waals surface area (Å²) in [4.78, 5) is 9.21. The predicted octanol–water partition coefficient (Wildman–Crippen LogP) is 3.35. The molecule has 2 aromatic carbocycles. The summed E-state index contributed by atoms with van der Waals surface area (Å²) in [6.07, 6.45) is 5.39. The molecule has 4 rings (SSSR count). The maximum Gasteiger partial charge on any atom is 0.0670 e. The quantitative estimate of drug-likeness (QED) is 0.731. The van der Waals surface area contributed by atoms with Crippen LogP contribution in [0, 0.1) is 0 Å². The lowest BCUT2D eigenvalue weighted by atomic mass is 10.1. The van der Waals surface area contributed by atoms with Gasteiger partial charge >= 0.3 is 0 Å². The van der Waals surface area contributed by atoms with Crippen molar-refractivity contribution in [1.29, 1.82) is 0 Å². The van der Waals surface area contributed by atoms with E-state index >= 15 is 0 Å². The standard InChI is InChI=1S/C23H27N3O/c27-21(11-10-19-6-2-1-3-7-19)18-25-12-14-26(15-13-25)23-17-24-16-20-8-4-5-9-22(20)23/h1-9,16-17,21,27H,10-15,18H2/t21-/m0/s1. The fourth-order valence-corrected chi connectivity index (χ4v) is 3.89. The second-order valence-electron chi connectivity index (χ2n) is 7.35. The highest BCUT2D eigenvalue weighted by Crippen LogP contribution is 2.26. The van der Waals surface area contributed by atoms with Crippen LogP contribution >= 0.6 is 0 Å². The third kappa shape index (κ3) is 4.46. The van der Waals surface area contributed by atoms with E-state index in [1.54, 1.807) is 0 Å². The second kappa shape index (κ2) is 8.51. The number of aliphatic hydroxyl groups excluding tert-OH is 1. The number of rotatable bonds is 6. The van der Waals surface area contributed by atoms with Crippen molar-refractivity contribution in [2.24, 2.45) is 0 Å². The van der Waals surface area contributed by atoms with Crippen molar-refractivity contribution >= 4 is 16.5 Å². The number of aryl methyl sites for hydroxylation is 1. The van der Waals surface area contributed by atoms with E-state index in [1.165, 1.54) is 22.0 Å². The molecule has 0 saturated carbocycles. The summed E-state index contributed by atoms with van der Waals surface area (Å²) >= 11 is 0. The molecule has 27 heavy (non-hydrogen) atoms. The van der Waals surface area contributed by atoms with Gasteiger partial charge in [0.05, 0.1) is 18.0 Å². The van der Waals surface area contributed by atoms with Gasteiger partial charge in [0.15, 0.2) is 0 Å². The Morgan fingerprint density at radius 1 is 0.889 bits per heavy atom. The number of fused-ring (bicyclic) bond motifs is 1. The molecule has 4 nitrogen and oxygen atoms in total. The molecule has 2 heterocycles. The minimum atomic E-state index is -0.268. The Kier molecular flexibility index (Phi) is 5.66. The fourth-order valence-electron chi connectivity index (χ4n) is 3.89. The molecule has 0 amide bonds. The van der Waals surface area contributed by atoms with Crippen molar-refractivity contribution in [2.75, 3.05) is 37.6 Å². The summed E-state index contributed by atoms with van der Waals surface area (Å²) in [5.41, 5.74) is 2.52. The fraction of sp³-hybridized carbons (Fsp3) is 0.348. The van der Waals surface area contributed by atoms with Crippen LogP contribution in [0.25, 0.3) is 10.8 Å². The minimum Gasteiger partial charge on any atom is -0.392 e. The summed E-state index contributed by atoms with van der Waals surface area (Å²) < 4.78 is 0. The number of piperazine rings is 1. The van der Waals surface area contributed by atoms with E-state index in [9.17, 15) is 5.11 Å². The van der Waals surface area contributed by atoms with Crippen LogP contribution in [0.4, 0.5) is 5.69 Å². The Morgan fingerprint density at radius 2 is 1.63 bits per heavy atom. The molecule has 140 valence electrons. The third-order valence-electron chi connectivity index (χ3n) is 5.44. The molecule has 1 N–H and O–H groups in total. The van der Waals surface area contributed by atoms with Crippen molar-refractivity contribution in [3.8, 4) is 0 Å². The van der Waals surface area contributed by atoms with Gasteiger partial charge in [0.1, 0.15) is 0 Å². The lowest BCUT2D eigenvalue weighted by Gasteiger charge is -2.37. The Bertz CT molecular complexity index is 854. The summed E-state index contributed by atoms with van der Waals surface area (Å²) in [7, 11) is 0. The summed E-state index contributed by atoms with van der Waals surface area (Å²) in [5.74, 6) is 0. The lowest BCUT2D eigenvalue weighted by molar-refractivity contribution is 0.102. The van der Waals surface area contributed by atoms with Crippen LogP contribution in [0.15, 0.2) is 67.0 Å². The van der Waals surface area contributed by atoms with E-state index in [-0.39, 0.29) is 6.10 Å². The number of nitrogens with zero attached hydrogens (tertiary/aromatic N) is 3. The molecule has 0 radical (unpaired) electrons. The zero-order valence-electron chi connectivity index (χ0n) is 15.7. The number of hydrogen-bond donors (Lipinski definition) is 1. The van der Waals surface area contributed by atoms with Crippen LogP contribution in [0.5, 0.6) is 0 Å². The maximum atomic E-state index is 10.4. The van der Waals surface area contributed by atoms with E-state index in [4.69, 9.17) is 0 Å². The second-order valence-corrected chi connectivity index (χ2v) is 7.35. The molecule has 1 fully saturated rings. The maximum absolute atomic E-state index is 10.4. The van der Waals surface area contributed by atoms with E-state index in [1.807, 2.05) is 18.5 Å². The first-order valence-electron chi connectivity index (χ1n) is 9.81. The first-order valence-corrected chi connectivity index (χ1v) is 9.81. The molecule has 0 bridgehead atoms. The van der Waals surface area contributed by atoms with Crippen molar-refractivity contribution in [1.82, 2.24) is 9.88 Å². The largest absolute Gasteiger partial charge is 0.392 e. The van der Waals surface area contributed by atoms with Gasteiger partial charge in [0, 0.05) is 49.7 Å². The van der Waals surface area contributed by atoms with Crippen LogP contribution in [0.3, 0.4) is 0 Å². The first kappa shape index (κ1) is 18.0. The molecule has 0 aliphatic carbocycles. The molecule has 0 spiro atoms. The monoisotopic (exact) mass is 361 g/mol. The van der Waals surface area contributed by atoms with Gasteiger partial charge in [-0.2, -0.15) is 0 Å². The van der Waals surface area contributed by atoms with Gasteiger partial charge in [-0.1, -0.05) is 54.6 Å². The number of pyridine rings is 1. The highest BCUT2D eigenvalue weighted by atomic mass is 16.3. The zero-order chi connectivity index (χ0) is 18.5. The summed E-state index contributed by atoms with van der Waals surface area (Å²) in [6.45, 7) is 4.66. The van der Waals surface area contributed by atoms with E-state index in [0.29, 0.717) is 0 Å². The molecular weight excluding hydrogens is 334 g/mol. The molecule has 4 heteroatoms. The molecule has 1 saturated heterocycles. The summed E-state index contributed by atoms with van der Waals surface area (Å²) in [5, 5.41) is 12.9. The zero-order valence-corrected chi connectivity index (χ0v) is 15.7. The normalized spacial score (nSPS) is 16.6. The van der Waals surface area contributed by atoms with Crippen molar-refractivity contribution < 1.29 is 5.11 Å². The number of β-amino-alcohol motifs (C(OH)–C–C–N with tert-alkyl or cyclic N) is 1. The van der Waals surface area contributed by atoms with Crippen LogP contribution < -0.4 is 4.90 Å². The Morgan fingerprint density at radius 3 is 2.44 bits per heavy atom. The minimum absolute atomic E-state index is 0.268.